The maximum Gasteiger partial charge on any atom is 0.321 e. The minimum atomic E-state index is -0.814. The van der Waals surface area contributed by atoms with Crippen LogP contribution >= 0.6 is 15.9 Å². The number of ether oxygens (including phenoxy) is 1. The van der Waals surface area contributed by atoms with Crippen molar-refractivity contribution in [2.75, 3.05) is 6.61 Å². The van der Waals surface area contributed by atoms with Gasteiger partial charge in [-0.15, -0.1) is 0 Å². The van der Waals surface area contributed by atoms with Gasteiger partial charge < -0.3 is 9.26 Å². The molecule has 0 spiro atoms. The monoisotopic (exact) mass is 354 g/mol. The van der Waals surface area contributed by atoms with Crippen LogP contribution in [0.1, 0.15) is 25.7 Å². The van der Waals surface area contributed by atoms with E-state index in [1.807, 2.05) is 0 Å². The fourth-order valence-electron chi connectivity index (χ4n) is 2.12. The van der Waals surface area contributed by atoms with Gasteiger partial charge in [-0.1, -0.05) is 21.1 Å². The molecular formula is C14H12BrFN2O3. The molecule has 0 N–H and O–H groups in total. The quantitative estimate of drug-likeness (QED) is 0.788. The van der Waals surface area contributed by atoms with E-state index < -0.39 is 11.2 Å². The topological polar surface area (TPSA) is 65.2 Å². The molecule has 1 aliphatic rings. The molecule has 1 aromatic carbocycles. The molecule has 5 nitrogen and oxygen atoms in total. The molecule has 1 aliphatic carbocycles. The van der Waals surface area contributed by atoms with Gasteiger partial charge in [0, 0.05) is 10.0 Å². The Balaban J connectivity index is 1.92. The first-order chi connectivity index (χ1) is 10.0. The lowest BCUT2D eigenvalue weighted by molar-refractivity contribution is -0.146. The number of aromatic nitrogens is 2. The van der Waals surface area contributed by atoms with E-state index >= 15 is 0 Å². The van der Waals surface area contributed by atoms with Crippen LogP contribution in [0.15, 0.2) is 27.2 Å². The number of carbonyl (C=O) groups excluding carboxylic acids is 1. The molecule has 0 aliphatic heterocycles. The van der Waals surface area contributed by atoms with Crippen LogP contribution in [0.3, 0.4) is 0 Å². The van der Waals surface area contributed by atoms with E-state index in [0.717, 1.165) is 0 Å². The molecule has 1 fully saturated rings. The van der Waals surface area contributed by atoms with Crippen LogP contribution in [0.4, 0.5) is 4.39 Å². The fourth-order valence-corrected chi connectivity index (χ4v) is 2.58. The summed E-state index contributed by atoms with van der Waals surface area (Å²) in [4.78, 5) is 16.2. The van der Waals surface area contributed by atoms with Crippen LogP contribution in [0, 0.1) is 5.82 Å². The Hall–Kier alpha value is -1.76. The Morgan fingerprint density at radius 2 is 2.24 bits per heavy atom. The van der Waals surface area contributed by atoms with E-state index in [4.69, 9.17) is 9.26 Å². The van der Waals surface area contributed by atoms with E-state index in [9.17, 15) is 9.18 Å². The Morgan fingerprint density at radius 3 is 2.86 bits per heavy atom. The van der Waals surface area contributed by atoms with Crippen LogP contribution in [0.25, 0.3) is 11.4 Å². The van der Waals surface area contributed by atoms with Crippen LogP contribution in [-0.4, -0.2) is 22.7 Å². The summed E-state index contributed by atoms with van der Waals surface area (Å²) < 4.78 is 24.2. The van der Waals surface area contributed by atoms with Gasteiger partial charge in [0.15, 0.2) is 0 Å². The van der Waals surface area contributed by atoms with Gasteiger partial charge in [-0.05, 0) is 38.0 Å². The average molecular weight is 355 g/mol. The minimum Gasteiger partial charge on any atom is -0.465 e. The first-order valence-corrected chi connectivity index (χ1v) is 7.32. The number of nitrogens with zero attached hydrogens (tertiary/aromatic N) is 2. The molecule has 1 aromatic heterocycles. The zero-order valence-corrected chi connectivity index (χ0v) is 12.8. The molecule has 0 bridgehead atoms. The maximum atomic E-state index is 13.4. The summed E-state index contributed by atoms with van der Waals surface area (Å²) in [5, 5.41) is 3.84. The largest absolute Gasteiger partial charge is 0.465 e. The molecule has 0 unspecified atom stereocenters. The van der Waals surface area contributed by atoms with Crippen LogP contribution in [0.2, 0.25) is 0 Å². The van der Waals surface area contributed by atoms with Crippen LogP contribution < -0.4 is 0 Å². The summed E-state index contributed by atoms with van der Waals surface area (Å²) in [6, 6.07) is 4.33. The molecular weight excluding hydrogens is 343 g/mol. The second-order valence-electron chi connectivity index (χ2n) is 4.88. The number of benzene rings is 1. The molecule has 21 heavy (non-hydrogen) atoms. The molecule has 0 atom stereocenters. The number of hydrogen-bond donors (Lipinski definition) is 0. The summed E-state index contributed by atoms with van der Waals surface area (Å²) in [6.07, 6.45) is 1.25. The average Bonchev–Trinajstić information content (AvgIpc) is 3.09. The van der Waals surface area contributed by atoms with Crippen molar-refractivity contribution in [3.8, 4) is 11.4 Å². The molecule has 1 heterocycles. The SMILES string of the molecule is CCOC(=O)C1(c2nc(-c3cc(F)cc(Br)c3)no2)CC1. The maximum absolute atomic E-state index is 13.4. The summed E-state index contributed by atoms with van der Waals surface area (Å²) in [6.45, 7) is 2.05. The first-order valence-electron chi connectivity index (χ1n) is 6.53. The zero-order valence-electron chi connectivity index (χ0n) is 11.2. The molecule has 2 aromatic rings. The Labute approximate surface area is 128 Å². The number of hydrogen-bond acceptors (Lipinski definition) is 5. The van der Waals surface area contributed by atoms with Crippen molar-refractivity contribution in [1.29, 1.82) is 0 Å². The predicted molar refractivity (Wildman–Crippen MR) is 74.9 cm³/mol. The van der Waals surface area contributed by atoms with Crippen molar-refractivity contribution < 1.29 is 18.4 Å². The normalized spacial score (nSPS) is 15.8. The van der Waals surface area contributed by atoms with Gasteiger partial charge in [0.05, 0.1) is 6.61 Å². The van der Waals surface area contributed by atoms with E-state index in [-0.39, 0.29) is 17.7 Å². The van der Waals surface area contributed by atoms with E-state index in [1.54, 1.807) is 13.0 Å². The molecule has 0 saturated heterocycles. The fraction of sp³-hybridized carbons (Fsp3) is 0.357. The molecule has 7 heteroatoms. The summed E-state index contributed by atoms with van der Waals surface area (Å²) in [5.41, 5.74) is -0.331. The van der Waals surface area contributed by atoms with Crippen LogP contribution in [-0.2, 0) is 14.9 Å². The van der Waals surface area contributed by atoms with Crippen LogP contribution in [0.5, 0.6) is 0 Å². The van der Waals surface area contributed by atoms with E-state index in [0.29, 0.717) is 29.5 Å². The molecule has 0 radical (unpaired) electrons. The first kappa shape index (κ1) is 14.2. The number of halogens is 2. The molecule has 110 valence electrons. The number of carbonyl (C=O) groups is 1. The summed E-state index contributed by atoms with van der Waals surface area (Å²) >= 11 is 3.21. The van der Waals surface area contributed by atoms with Gasteiger partial charge in [-0.25, -0.2) is 4.39 Å². The van der Waals surface area contributed by atoms with Gasteiger partial charge in [0.2, 0.25) is 11.7 Å². The zero-order chi connectivity index (χ0) is 15.0. The second kappa shape index (κ2) is 5.22. The highest BCUT2D eigenvalue weighted by Gasteiger charge is 2.57. The van der Waals surface area contributed by atoms with Gasteiger partial charge >= 0.3 is 5.97 Å². The molecule has 0 amide bonds. The summed E-state index contributed by atoms with van der Waals surface area (Å²) in [5.74, 6) is -0.269. The Kier molecular flexibility index (Phi) is 3.52. The number of rotatable bonds is 4. The Morgan fingerprint density at radius 1 is 1.48 bits per heavy atom. The van der Waals surface area contributed by atoms with Gasteiger partial charge in [-0.3, -0.25) is 4.79 Å². The van der Waals surface area contributed by atoms with Crippen molar-refractivity contribution in [2.24, 2.45) is 0 Å². The third kappa shape index (κ3) is 2.57. The van der Waals surface area contributed by atoms with E-state index in [1.165, 1.54) is 12.1 Å². The molecule has 1 saturated carbocycles. The van der Waals surface area contributed by atoms with Gasteiger partial charge in [0.25, 0.3) is 0 Å². The standard InChI is InChI=1S/C14H12BrFN2O3/c1-2-20-13(19)14(3-4-14)12-17-11(18-21-12)8-5-9(15)7-10(16)6-8/h5-7H,2-4H2,1H3. The van der Waals surface area contributed by atoms with Crippen molar-refractivity contribution in [1.82, 2.24) is 10.1 Å². The van der Waals surface area contributed by atoms with Gasteiger partial charge in [0.1, 0.15) is 11.2 Å². The lowest BCUT2D eigenvalue weighted by atomic mass is 10.1. The van der Waals surface area contributed by atoms with E-state index in [2.05, 4.69) is 26.1 Å². The highest BCUT2D eigenvalue weighted by Crippen LogP contribution is 2.48. The summed E-state index contributed by atoms with van der Waals surface area (Å²) in [7, 11) is 0. The predicted octanol–water partition coefficient (Wildman–Crippen LogP) is 3.23. The van der Waals surface area contributed by atoms with Crippen molar-refractivity contribution in [3.63, 3.8) is 0 Å². The lowest BCUT2D eigenvalue weighted by Crippen LogP contribution is -2.23. The van der Waals surface area contributed by atoms with Crippen molar-refractivity contribution in [2.45, 2.75) is 25.2 Å². The Bertz CT molecular complexity index is 677. The smallest absolute Gasteiger partial charge is 0.321 e. The lowest BCUT2D eigenvalue weighted by Gasteiger charge is -2.08. The highest BCUT2D eigenvalue weighted by molar-refractivity contribution is 9.10. The van der Waals surface area contributed by atoms with Crippen molar-refractivity contribution in [3.05, 3.63) is 34.4 Å². The minimum absolute atomic E-state index is 0.233. The third-order valence-corrected chi connectivity index (χ3v) is 3.83. The second-order valence-corrected chi connectivity index (χ2v) is 5.80. The van der Waals surface area contributed by atoms with Crippen molar-refractivity contribution >= 4 is 21.9 Å². The molecule has 3 rings (SSSR count). The van der Waals surface area contributed by atoms with Gasteiger partial charge in [-0.2, -0.15) is 4.98 Å². The number of esters is 1. The third-order valence-electron chi connectivity index (χ3n) is 3.37. The highest BCUT2D eigenvalue weighted by atomic mass is 79.9.